The van der Waals surface area contributed by atoms with E-state index in [1.54, 1.807) is 11.3 Å². The number of aromatic nitrogens is 2. The molecule has 2 aromatic carbocycles. The third-order valence-corrected chi connectivity index (χ3v) is 8.56. The Bertz CT molecular complexity index is 1410. The molecule has 2 saturated heterocycles. The molecule has 2 aliphatic heterocycles. The second kappa shape index (κ2) is 13.8. The first-order chi connectivity index (χ1) is 20.2. The normalized spacial score (nSPS) is 17.2. The van der Waals surface area contributed by atoms with Gasteiger partial charge in [0, 0.05) is 63.8 Å². The number of morpholine rings is 1. The number of ether oxygens (including phenoxy) is 1. The molecule has 2 aromatic heterocycles. The van der Waals surface area contributed by atoms with Crippen LogP contribution in [0.4, 0.5) is 13.2 Å². The topological polar surface area (TPSA) is 84.9 Å². The molecule has 0 unspecified atom stereocenters. The van der Waals surface area contributed by atoms with Gasteiger partial charge in [0.15, 0.2) is 0 Å². The van der Waals surface area contributed by atoms with Crippen molar-refractivity contribution >= 4 is 28.3 Å². The van der Waals surface area contributed by atoms with Crippen LogP contribution >= 0.6 is 11.3 Å². The van der Waals surface area contributed by atoms with E-state index < -0.39 is 12.1 Å². The summed E-state index contributed by atoms with van der Waals surface area (Å²) in [6, 6.07) is 21.7. The number of nitrogens with one attached hydrogen (secondary N) is 1. The monoisotopic (exact) mass is 601 g/mol. The lowest BCUT2D eigenvalue weighted by Crippen LogP contribution is -2.49. The molecule has 224 valence electrons. The highest BCUT2D eigenvalue weighted by molar-refractivity contribution is 7.18. The van der Waals surface area contributed by atoms with Crippen molar-refractivity contribution in [2.24, 2.45) is 0 Å². The van der Waals surface area contributed by atoms with Crippen molar-refractivity contribution in [2.75, 3.05) is 65.6 Å². The number of carbonyl (C=O) groups is 1. The largest absolute Gasteiger partial charge is 0.490 e. The van der Waals surface area contributed by atoms with E-state index >= 15 is 0 Å². The lowest BCUT2D eigenvalue weighted by Gasteiger charge is -2.36. The van der Waals surface area contributed by atoms with Gasteiger partial charge in [0.25, 0.3) is 0 Å². The van der Waals surface area contributed by atoms with Crippen LogP contribution in [-0.2, 0) is 16.1 Å². The molecule has 0 amide bonds. The number of aromatic amines is 1. The quantitative estimate of drug-likeness (QED) is 0.307. The molecule has 0 aliphatic carbocycles. The van der Waals surface area contributed by atoms with E-state index in [2.05, 4.69) is 62.1 Å². The summed E-state index contributed by atoms with van der Waals surface area (Å²) in [6.45, 7) is 12.0. The molecule has 0 atom stereocenters. The summed E-state index contributed by atoms with van der Waals surface area (Å²) in [7, 11) is 0. The number of nitrogens with zero attached hydrogens (tertiary/aromatic N) is 4. The van der Waals surface area contributed by atoms with Crippen molar-refractivity contribution in [1.29, 1.82) is 0 Å². The van der Waals surface area contributed by atoms with Crippen LogP contribution < -0.4 is 0 Å². The van der Waals surface area contributed by atoms with Crippen LogP contribution in [0.1, 0.15) is 5.56 Å². The van der Waals surface area contributed by atoms with E-state index in [4.69, 9.17) is 19.6 Å². The molecule has 12 heteroatoms. The number of hydrogen-bond acceptors (Lipinski definition) is 7. The fourth-order valence-corrected chi connectivity index (χ4v) is 5.96. The highest BCUT2D eigenvalue weighted by atomic mass is 32.1. The van der Waals surface area contributed by atoms with Gasteiger partial charge in [0.1, 0.15) is 5.82 Å². The Morgan fingerprint density at radius 2 is 1.45 bits per heavy atom. The smallest absolute Gasteiger partial charge is 0.475 e. The third-order valence-electron chi connectivity index (χ3n) is 7.42. The number of aliphatic carboxylic acids is 1. The number of benzene rings is 2. The number of H-pyrrole nitrogens is 1. The molecule has 2 aliphatic rings. The molecule has 8 nitrogen and oxygen atoms in total. The van der Waals surface area contributed by atoms with Gasteiger partial charge < -0.3 is 14.8 Å². The highest BCUT2D eigenvalue weighted by Gasteiger charge is 2.38. The van der Waals surface area contributed by atoms with E-state index in [1.807, 2.05) is 18.2 Å². The molecule has 6 rings (SSSR count). The average Bonchev–Trinajstić information content (AvgIpc) is 3.66. The van der Waals surface area contributed by atoms with Crippen LogP contribution in [0.25, 0.3) is 32.2 Å². The first kappa shape index (κ1) is 30.2. The van der Waals surface area contributed by atoms with Gasteiger partial charge in [0.05, 0.1) is 29.1 Å². The van der Waals surface area contributed by atoms with Gasteiger partial charge in [-0.1, -0.05) is 36.4 Å². The summed E-state index contributed by atoms with van der Waals surface area (Å²) >= 11 is 1.79. The molecular formula is C30H34F3N5O3S. The number of imidazole rings is 1. The molecule has 2 N–H and O–H groups in total. The summed E-state index contributed by atoms with van der Waals surface area (Å²) in [5.41, 5.74) is 4.76. The number of carboxylic acid groups (broad SMARTS) is 1. The van der Waals surface area contributed by atoms with Gasteiger partial charge in [-0.25, -0.2) is 9.78 Å². The lowest BCUT2D eigenvalue weighted by atomic mass is 10.1. The number of para-hydroxylation sites is 2. The van der Waals surface area contributed by atoms with Gasteiger partial charge in [-0.2, -0.15) is 13.2 Å². The Hall–Kier alpha value is -3.29. The SMILES string of the molecule is O=C(O)C(F)(F)F.c1ccc2[nH]c(-c3ccc(-c4ccc(CN5CCN(CCN6CCOCC6)CC5)cc4)s3)nc2c1. The van der Waals surface area contributed by atoms with Crippen molar-refractivity contribution < 1.29 is 27.8 Å². The first-order valence-corrected chi connectivity index (χ1v) is 14.8. The maximum Gasteiger partial charge on any atom is 0.490 e. The van der Waals surface area contributed by atoms with Crippen molar-refractivity contribution in [1.82, 2.24) is 24.7 Å². The highest BCUT2D eigenvalue weighted by Crippen LogP contribution is 2.34. The number of thiophene rings is 1. The number of fused-ring (bicyclic) bond motifs is 1. The Balaban J connectivity index is 0.000000451. The molecule has 42 heavy (non-hydrogen) atoms. The van der Waals surface area contributed by atoms with Crippen LogP contribution in [-0.4, -0.2) is 107 Å². The van der Waals surface area contributed by atoms with Gasteiger partial charge in [-0.3, -0.25) is 14.7 Å². The fourth-order valence-electron chi connectivity index (χ4n) is 5.00. The molecule has 4 heterocycles. The molecule has 4 aromatic rings. The summed E-state index contributed by atoms with van der Waals surface area (Å²) in [4.78, 5) is 27.3. The van der Waals surface area contributed by atoms with E-state index in [1.165, 1.54) is 47.1 Å². The molecular weight excluding hydrogens is 567 g/mol. The minimum Gasteiger partial charge on any atom is -0.475 e. The van der Waals surface area contributed by atoms with Gasteiger partial charge in [-0.15, -0.1) is 11.3 Å². The Kier molecular flexibility index (Phi) is 9.91. The molecule has 0 radical (unpaired) electrons. The standard InChI is InChI=1S/C28H33N5OS.C2HF3O2/c1-2-4-25-24(3-1)29-28(30-25)27-10-9-26(35-27)23-7-5-22(6-8-23)21-33-15-13-31(14-16-33)11-12-32-17-19-34-20-18-32;3-2(4,5)1(6)7/h1-10H,11-21H2,(H,29,30);(H,6,7). The minimum absolute atomic E-state index is 0.890. The second-order valence-electron chi connectivity index (χ2n) is 10.3. The maximum absolute atomic E-state index is 10.6. The van der Waals surface area contributed by atoms with E-state index in [0.717, 1.165) is 62.8 Å². The van der Waals surface area contributed by atoms with Crippen LogP contribution in [0.3, 0.4) is 0 Å². The maximum atomic E-state index is 10.6. The number of halogens is 3. The zero-order valence-electron chi connectivity index (χ0n) is 23.1. The van der Waals surface area contributed by atoms with Crippen molar-refractivity contribution in [2.45, 2.75) is 12.7 Å². The summed E-state index contributed by atoms with van der Waals surface area (Å²) < 4.78 is 37.2. The number of hydrogen-bond donors (Lipinski definition) is 2. The van der Waals surface area contributed by atoms with Crippen LogP contribution in [0, 0.1) is 0 Å². The number of piperazine rings is 1. The first-order valence-electron chi connectivity index (χ1n) is 13.9. The zero-order valence-corrected chi connectivity index (χ0v) is 24.0. The third kappa shape index (κ3) is 8.17. The van der Waals surface area contributed by atoms with Gasteiger partial charge in [0.2, 0.25) is 0 Å². The van der Waals surface area contributed by atoms with Crippen LogP contribution in [0.15, 0.2) is 60.7 Å². The summed E-state index contributed by atoms with van der Waals surface area (Å²) in [5, 5.41) is 7.12. The Labute approximate surface area is 246 Å². The van der Waals surface area contributed by atoms with Gasteiger partial charge >= 0.3 is 12.1 Å². The van der Waals surface area contributed by atoms with E-state index in [9.17, 15) is 13.2 Å². The molecule has 0 bridgehead atoms. The summed E-state index contributed by atoms with van der Waals surface area (Å²) in [6.07, 6.45) is -5.08. The average molecular weight is 602 g/mol. The second-order valence-corrected chi connectivity index (χ2v) is 11.4. The Morgan fingerprint density at radius 3 is 2.10 bits per heavy atom. The lowest BCUT2D eigenvalue weighted by molar-refractivity contribution is -0.192. The van der Waals surface area contributed by atoms with Crippen molar-refractivity contribution in [3.8, 4) is 21.1 Å². The van der Waals surface area contributed by atoms with E-state index in [0.29, 0.717) is 0 Å². The van der Waals surface area contributed by atoms with Gasteiger partial charge in [-0.05, 0) is 35.4 Å². The minimum atomic E-state index is -5.08. The number of carboxylic acids is 1. The fraction of sp³-hybridized carbons (Fsp3) is 0.400. The zero-order chi connectivity index (χ0) is 29.5. The summed E-state index contributed by atoms with van der Waals surface area (Å²) in [5.74, 6) is -1.81. The predicted octanol–water partition coefficient (Wildman–Crippen LogP) is 5.04. The molecule has 2 fully saturated rings. The molecule has 0 spiro atoms. The predicted molar refractivity (Wildman–Crippen MR) is 158 cm³/mol. The van der Waals surface area contributed by atoms with Crippen molar-refractivity contribution in [3.63, 3.8) is 0 Å². The Morgan fingerprint density at radius 1 is 0.857 bits per heavy atom. The van der Waals surface area contributed by atoms with Crippen molar-refractivity contribution in [3.05, 3.63) is 66.2 Å². The number of alkyl halides is 3. The van der Waals surface area contributed by atoms with Crippen LogP contribution in [0.5, 0.6) is 0 Å². The molecule has 0 saturated carbocycles. The number of rotatable bonds is 7. The van der Waals surface area contributed by atoms with E-state index in [-0.39, 0.29) is 0 Å². The van der Waals surface area contributed by atoms with Crippen LogP contribution in [0.2, 0.25) is 0 Å².